The number of aliphatic carboxylic acids is 1. The average molecular weight is 439 g/mol. The minimum Gasteiger partial charge on any atom is -0.497 e. The highest BCUT2D eigenvalue weighted by Crippen LogP contribution is 2.31. The Labute approximate surface area is 183 Å². The molecule has 0 unspecified atom stereocenters. The van der Waals surface area contributed by atoms with E-state index >= 15 is 0 Å². The number of carboxylic acid groups (broad SMARTS) is 1. The number of aromatic amines is 1. The number of nitrogens with zero attached hydrogens (tertiary/aromatic N) is 2. The number of ether oxygens (including phenoxy) is 3. The molecule has 0 aliphatic carbocycles. The molecule has 0 aliphatic rings. The lowest BCUT2D eigenvalue weighted by Gasteiger charge is -2.06. The molecule has 1 heterocycles. The second-order valence-electron chi connectivity index (χ2n) is 6.16. The molecular weight excluding hydrogens is 418 g/mol. The van der Waals surface area contributed by atoms with Gasteiger partial charge in [-0.3, -0.25) is 5.10 Å². The molecule has 1 aromatic heterocycles. The summed E-state index contributed by atoms with van der Waals surface area (Å²) < 4.78 is 16.0. The van der Waals surface area contributed by atoms with Gasteiger partial charge in [0.2, 0.25) is 5.16 Å². The summed E-state index contributed by atoms with van der Waals surface area (Å²) in [6.45, 7) is 3.97. The quantitative estimate of drug-likeness (QED) is 0.274. The maximum atomic E-state index is 11.8. The number of hydrogen-bond acceptors (Lipinski definition) is 7. The minimum atomic E-state index is -1.09. The van der Waals surface area contributed by atoms with Crippen molar-refractivity contribution in [3.05, 3.63) is 65.6 Å². The van der Waals surface area contributed by atoms with Crippen LogP contribution in [0.1, 0.15) is 5.56 Å². The molecule has 0 saturated heterocycles. The van der Waals surface area contributed by atoms with Crippen LogP contribution in [0.15, 0.2) is 65.2 Å². The number of nitrogens with one attached hydrogen (secondary N) is 1. The molecule has 0 fully saturated rings. The van der Waals surface area contributed by atoms with E-state index in [1.807, 2.05) is 0 Å². The lowest BCUT2D eigenvalue weighted by molar-refractivity contribution is -0.131. The molecule has 0 amide bonds. The summed E-state index contributed by atoms with van der Waals surface area (Å²) in [5.74, 6) is 1.20. The van der Waals surface area contributed by atoms with Gasteiger partial charge in [-0.2, -0.15) is 0 Å². The van der Waals surface area contributed by atoms with Crippen LogP contribution in [0.4, 0.5) is 0 Å². The van der Waals surface area contributed by atoms with E-state index < -0.39 is 5.97 Å². The first-order chi connectivity index (χ1) is 15.0. The molecule has 31 heavy (non-hydrogen) atoms. The number of carboxylic acids is 1. The number of benzene rings is 2. The van der Waals surface area contributed by atoms with E-state index in [1.54, 1.807) is 68.8 Å². The van der Waals surface area contributed by atoms with Gasteiger partial charge in [-0.1, -0.05) is 24.8 Å². The standard InChI is InChI=1S/C22H21N3O5S/c1-4-8-30-16-7-5-6-14(9-16)10-19(21(26)27)31-22-23-20(24-25-22)15-11-17(28-2)13-18(12-15)29-3/h4-7,9-13H,1,8H2,2-3H3,(H,26,27)(H,23,24,25)/b19-10-. The van der Waals surface area contributed by atoms with E-state index in [0.29, 0.717) is 40.8 Å². The highest BCUT2D eigenvalue weighted by Gasteiger charge is 2.15. The van der Waals surface area contributed by atoms with Gasteiger partial charge in [0.25, 0.3) is 0 Å². The van der Waals surface area contributed by atoms with E-state index in [4.69, 9.17) is 14.2 Å². The molecule has 0 bridgehead atoms. The number of thioether (sulfide) groups is 1. The van der Waals surface area contributed by atoms with E-state index in [1.165, 1.54) is 0 Å². The van der Waals surface area contributed by atoms with Crippen molar-refractivity contribution < 1.29 is 24.1 Å². The van der Waals surface area contributed by atoms with Gasteiger partial charge in [-0.25, -0.2) is 9.78 Å². The molecule has 2 aromatic carbocycles. The van der Waals surface area contributed by atoms with Crippen LogP contribution < -0.4 is 14.2 Å². The minimum absolute atomic E-state index is 0.0645. The Bertz CT molecular complexity index is 1090. The van der Waals surface area contributed by atoms with Crippen molar-refractivity contribution >= 4 is 23.8 Å². The third-order valence-corrected chi connectivity index (χ3v) is 4.90. The Balaban J connectivity index is 1.84. The predicted octanol–water partition coefficient (Wildman–Crippen LogP) is 4.27. The maximum absolute atomic E-state index is 11.8. The van der Waals surface area contributed by atoms with Crippen LogP contribution in [0.2, 0.25) is 0 Å². The highest BCUT2D eigenvalue weighted by atomic mass is 32.2. The molecule has 0 radical (unpaired) electrons. The van der Waals surface area contributed by atoms with Gasteiger partial charge < -0.3 is 19.3 Å². The fourth-order valence-corrected chi connectivity index (χ4v) is 3.31. The van der Waals surface area contributed by atoms with E-state index in [9.17, 15) is 9.90 Å². The Hall–Kier alpha value is -3.72. The zero-order valence-electron chi connectivity index (χ0n) is 17.0. The number of carbonyl (C=O) groups is 1. The number of aromatic nitrogens is 3. The number of rotatable bonds is 10. The second kappa shape index (κ2) is 10.4. The Morgan fingerprint density at radius 3 is 2.55 bits per heavy atom. The van der Waals surface area contributed by atoms with Crippen molar-refractivity contribution in [2.45, 2.75) is 5.16 Å². The summed E-state index contributed by atoms with van der Waals surface area (Å²) in [5.41, 5.74) is 1.38. The second-order valence-corrected chi connectivity index (χ2v) is 7.17. The van der Waals surface area contributed by atoms with Gasteiger partial charge in [-0.15, -0.1) is 5.10 Å². The number of hydrogen-bond donors (Lipinski definition) is 2. The first-order valence-electron chi connectivity index (χ1n) is 9.15. The molecule has 9 heteroatoms. The largest absolute Gasteiger partial charge is 0.497 e. The van der Waals surface area contributed by atoms with Gasteiger partial charge in [0.15, 0.2) is 5.82 Å². The van der Waals surface area contributed by atoms with E-state index in [0.717, 1.165) is 11.8 Å². The molecule has 160 valence electrons. The highest BCUT2D eigenvalue weighted by molar-refractivity contribution is 8.04. The zero-order chi connectivity index (χ0) is 22.2. The summed E-state index contributed by atoms with van der Waals surface area (Å²) in [4.78, 5) is 16.2. The molecule has 0 spiro atoms. The molecule has 3 aromatic rings. The zero-order valence-corrected chi connectivity index (χ0v) is 17.8. The van der Waals surface area contributed by atoms with Crippen molar-refractivity contribution in [2.24, 2.45) is 0 Å². The van der Waals surface area contributed by atoms with Crippen molar-refractivity contribution in [3.8, 4) is 28.6 Å². The molecule has 2 N–H and O–H groups in total. The normalized spacial score (nSPS) is 11.1. The molecule has 3 rings (SSSR count). The summed E-state index contributed by atoms with van der Waals surface area (Å²) in [6.07, 6.45) is 3.18. The Kier molecular flexibility index (Phi) is 7.34. The summed E-state index contributed by atoms with van der Waals surface area (Å²) in [5, 5.41) is 16.9. The lowest BCUT2D eigenvalue weighted by Crippen LogP contribution is -1.97. The van der Waals surface area contributed by atoms with Crippen LogP contribution in [0.25, 0.3) is 17.5 Å². The summed E-state index contributed by atoms with van der Waals surface area (Å²) >= 11 is 0.939. The van der Waals surface area contributed by atoms with Crippen LogP contribution in [0.5, 0.6) is 17.2 Å². The van der Waals surface area contributed by atoms with Crippen LogP contribution in [0.3, 0.4) is 0 Å². The number of methoxy groups -OCH3 is 2. The van der Waals surface area contributed by atoms with Gasteiger partial charge in [-0.05, 0) is 47.7 Å². The van der Waals surface area contributed by atoms with E-state index in [2.05, 4.69) is 21.8 Å². The van der Waals surface area contributed by atoms with Crippen molar-refractivity contribution in [1.29, 1.82) is 0 Å². The van der Waals surface area contributed by atoms with Crippen molar-refractivity contribution in [2.75, 3.05) is 20.8 Å². The van der Waals surface area contributed by atoms with Crippen LogP contribution >= 0.6 is 11.8 Å². The topological polar surface area (TPSA) is 107 Å². The first kappa shape index (κ1) is 22.0. The SMILES string of the molecule is C=CCOc1cccc(/C=C(\Sc2n[nH]c(-c3cc(OC)cc(OC)c3)n2)C(=O)O)c1. The molecule has 8 nitrogen and oxygen atoms in total. The third-order valence-electron chi connectivity index (χ3n) is 4.03. The van der Waals surface area contributed by atoms with Crippen LogP contribution in [0, 0.1) is 0 Å². The lowest BCUT2D eigenvalue weighted by atomic mass is 10.2. The third kappa shape index (κ3) is 5.89. The fourth-order valence-electron chi connectivity index (χ4n) is 2.60. The van der Waals surface area contributed by atoms with Crippen molar-refractivity contribution in [1.82, 2.24) is 15.2 Å². The smallest absolute Gasteiger partial charge is 0.342 e. The average Bonchev–Trinajstić information content (AvgIpc) is 3.25. The van der Waals surface area contributed by atoms with Crippen LogP contribution in [-0.2, 0) is 4.79 Å². The molecule has 0 aliphatic heterocycles. The monoisotopic (exact) mass is 439 g/mol. The van der Waals surface area contributed by atoms with Gasteiger partial charge in [0.05, 0.1) is 14.2 Å². The number of H-pyrrole nitrogens is 1. The van der Waals surface area contributed by atoms with Gasteiger partial charge >= 0.3 is 5.97 Å². The van der Waals surface area contributed by atoms with Gasteiger partial charge in [0, 0.05) is 11.6 Å². The van der Waals surface area contributed by atoms with Crippen LogP contribution in [-0.4, -0.2) is 47.1 Å². The Morgan fingerprint density at radius 1 is 1.16 bits per heavy atom. The van der Waals surface area contributed by atoms with E-state index in [-0.39, 0.29) is 10.1 Å². The Morgan fingerprint density at radius 2 is 1.90 bits per heavy atom. The first-order valence-corrected chi connectivity index (χ1v) is 9.96. The molecule has 0 atom stereocenters. The molecular formula is C22H21N3O5S. The predicted molar refractivity (Wildman–Crippen MR) is 119 cm³/mol. The fraction of sp³-hybridized carbons (Fsp3) is 0.136. The summed E-state index contributed by atoms with van der Waals surface area (Å²) in [7, 11) is 3.11. The molecule has 0 saturated carbocycles. The van der Waals surface area contributed by atoms with Gasteiger partial charge in [0.1, 0.15) is 28.8 Å². The summed E-state index contributed by atoms with van der Waals surface area (Å²) in [6, 6.07) is 12.4. The maximum Gasteiger partial charge on any atom is 0.342 e. The van der Waals surface area contributed by atoms with Crippen molar-refractivity contribution in [3.63, 3.8) is 0 Å².